The first-order chi connectivity index (χ1) is 8.65. The molecule has 0 spiro atoms. The van der Waals surface area contributed by atoms with Gasteiger partial charge in [-0.05, 0) is 6.42 Å². The summed E-state index contributed by atoms with van der Waals surface area (Å²) in [6.45, 7) is 0.891. The number of carbonyl (C=O) groups excluding carboxylic acids is 1. The van der Waals surface area contributed by atoms with Crippen molar-refractivity contribution in [1.82, 2.24) is 9.97 Å². The number of rotatable bonds is 8. The van der Waals surface area contributed by atoms with Gasteiger partial charge in [0.1, 0.15) is 18.2 Å². The molecule has 1 rings (SSSR count). The lowest BCUT2D eigenvalue weighted by Crippen LogP contribution is -2.15. The first-order valence-electron chi connectivity index (χ1n) is 5.51. The highest BCUT2D eigenvalue weighted by molar-refractivity contribution is 5.73. The molecule has 6 N–H and O–H groups in total. The summed E-state index contributed by atoms with van der Waals surface area (Å²) in [6.07, 6.45) is 0.981. The van der Waals surface area contributed by atoms with Crippen molar-refractivity contribution in [2.24, 2.45) is 11.6 Å². The maximum Gasteiger partial charge on any atom is 0.217 e. The van der Waals surface area contributed by atoms with E-state index in [1.165, 1.54) is 0 Å². The Bertz CT molecular complexity index is 398. The van der Waals surface area contributed by atoms with Gasteiger partial charge in [0.15, 0.2) is 5.82 Å². The van der Waals surface area contributed by atoms with Crippen LogP contribution in [0.3, 0.4) is 0 Å². The third-order valence-corrected chi connectivity index (χ3v) is 2.10. The fraction of sp³-hybridized carbons (Fsp3) is 0.500. The number of ether oxygens (including phenoxy) is 1. The Morgan fingerprint density at radius 3 is 2.78 bits per heavy atom. The van der Waals surface area contributed by atoms with E-state index in [0.29, 0.717) is 43.5 Å². The van der Waals surface area contributed by atoms with E-state index in [2.05, 4.69) is 20.7 Å². The van der Waals surface area contributed by atoms with Crippen molar-refractivity contribution in [3.63, 3.8) is 0 Å². The molecule has 0 radical (unpaired) electrons. The van der Waals surface area contributed by atoms with Crippen LogP contribution in [0, 0.1) is 0 Å². The molecular formula is C10H18N6O2. The molecule has 1 aromatic heterocycles. The molecular weight excluding hydrogens is 236 g/mol. The number of hydrogen-bond acceptors (Lipinski definition) is 7. The normalized spacial score (nSPS) is 10.1. The molecule has 0 atom stereocenters. The molecule has 0 aliphatic heterocycles. The van der Waals surface area contributed by atoms with Gasteiger partial charge in [0.2, 0.25) is 5.91 Å². The van der Waals surface area contributed by atoms with Gasteiger partial charge in [-0.15, -0.1) is 0 Å². The largest absolute Gasteiger partial charge is 0.377 e. The van der Waals surface area contributed by atoms with Gasteiger partial charge in [-0.2, -0.15) is 0 Å². The SMILES string of the molecule is COCc1nc(NN)cc(NCCCC(N)=O)n1. The third-order valence-electron chi connectivity index (χ3n) is 2.10. The van der Waals surface area contributed by atoms with Crippen molar-refractivity contribution < 1.29 is 9.53 Å². The van der Waals surface area contributed by atoms with Gasteiger partial charge < -0.3 is 21.2 Å². The molecule has 0 saturated carbocycles. The first kappa shape index (κ1) is 14.1. The summed E-state index contributed by atoms with van der Waals surface area (Å²) in [7, 11) is 1.56. The van der Waals surface area contributed by atoms with E-state index in [1.807, 2.05) is 0 Å². The number of nitrogens with one attached hydrogen (secondary N) is 2. The fourth-order valence-electron chi connectivity index (χ4n) is 1.33. The Hall–Kier alpha value is -1.93. The highest BCUT2D eigenvalue weighted by Crippen LogP contribution is 2.11. The van der Waals surface area contributed by atoms with Gasteiger partial charge in [-0.1, -0.05) is 0 Å². The second kappa shape index (κ2) is 7.41. The van der Waals surface area contributed by atoms with E-state index in [4.69, 9.17) is 16.3 Å². The zero-order valence-electron chi connectivity index (χ0n) is 10.3. The molecule has 0 fully saturated rings. The molecule has 0 bridgehead atoms. The van der Waals surface area contributed by atoms with Crippen LogP contribution in [0.25, 0.3) is 0 Å². The van der Waals surface area contributed by atoms with Crippen LogP contribution in [0.1, 0.15) is 18.7 Å². The zero-order valence-corrected chi connectivity index (χ0v) is 10.3. The Kier molecular flexibility index (Phi) is 5.81. The van der Waals surface area contributed by atoms with Gasteiger partial charge in [0.25, 0.3) is 0 Å². The van der Waals surface area contributed by atoms with Crippen LogP contribution < -0.4 is 22.3 Å². The van der Waals surface area contributed by atoms with Crippen molar-refractivity contribution >= 4 is 17.5 Å². The predicted octanol–water partition coefficient (Wildman–Crippen LogP) is -0.414. The summed E-state index contributed by atoms with van der Waals surface area (Å²) in [5.74, 6) is 6.63. The predicted molar refractivity (Wildman–Crippen MR) is 67.5 cm³/mol. The standard InChI is InChI=1S/C10H18N6O2/c1-18-6-10-14-8(5-9(15-10)16-12)13-4-2-3-7(11)17/h5H,2-4,6,12H2,1H3,(H2,11,17)(H2,13,14,15,16). The number of nitrogen functional groups attached to an aromatic ring is 1. The lowest BCUT2D eigenvalue weighted by molar-refractivity contribution is -0.118. The quantitative estimate of drug-likeness (QED) is 0.282. The maximum absolute atomic E-state index is 10.6. The molecule has 0 aliphatic rings. The Morgan fingerprint density at radius 1 is 1.44 bits per heavy atom. The molecule has 100 valence electrons. The number of methoxy groups -OCH3 is 1. The molecule has 0 unspecified atom stereocenters. The second-order valence-electron chi connectivity index (χ2n) is 3.63. The van der Waals surface area contributed by atoms with E-state index in [-0.39, 0.29) is 5.91 Å². The Balaban J connectivity index is 2.57. The molecule has 1 amide bonds. The molecule has 8 heteroatoms. The molecule has 1 heterocycles. The first-order valence-corrected chi connectivity index (χ1v) is 5.51. The Morgan fingerprint density at radius 2 is 2.17 bits per heavy atom. The van der Waals surface area contributed by atoms with Crippen molar-refractivity contribution in [2.75, 3.05) is 24.4 Å². The summed E-state index contributed by atoms with van der Waals surface area (Å²) < 4.78 is 4.96. The molecule has 0 aromatic carbocycles. The van der Waals surface area contributed by atoms with Gasteiger partial charge in [-0.25, -0.2) is 15.8 Å². The molecule has 0 aliphatic carbocycles. The average molecular weight is 254 g/mol. The average Bonchev–Trinajstić information content (AvgIpc) is 2.34. The fourth-order valence-corrected chi connectivity index (χ4v) is 1.33. The van der Waals surface area contributed by atoms with Crippen LogP contribution in [0.4, 0.5) is 11.6 Å². The molecule has 0 saturated heterocycles. The molecule has 1 aromatic rings. The summed E-state index contributed by atoms with van der Waals surface area (Å²) >= 11 is 0. The number of carbonyl (C=O) groups is 1. The number of amides is 1. The van der Waals surface area contributed by atoms with E-state index < -0.39 is 0 Å². The van der Waals surface area contributed by atoms with Crippen molar-refractivity contribution in [3.8, 4) is 0 Å². The highest BCUT2D eigenvalue weighted by Gasteiger charge is 2.03. The minimum absolute atomic E-state index is 0.297. The van der Waals surface area contributed by atoms with E-state index in [0.717, 1.165) is 0 Å². The molecule has 8 nitrogen and oxygen atoms in total. The van der Waals surface area contributed by atoms with Crippen molar-refractivity contribution in [1.29, 1.82) is 0 Å². The minimum Gasteiger partial charge on any atom is -0.377 e. The van der Waals surface area contributed by atoms with Crippen LogP contribution in [0.15, 0.2) is 6.07 Å². The minimum atomic E-state index is -0.316. The van der Waals surface area contributed by atoms with E-state index in [1.54, 1.807) is 13.2 Å². The van der Waals surface area contributed by atoms with Crippen LogP contribution in [0.2, 0.25) is 0 Å². The Labute approximate surface area is 105 Å². The van der Waals surface area contributed by atoms with E-state index >= 15 is 0 Å². The molecule has 18 heavy (non-hydrogen) atoms. The maximum atomic E-state index is 10.6. The number of hydrogen-bond donors (Lipinski definition) is 4. The lowest BCUT2D eigenvalue weighted by atomic mass is 10.3. The van der Waals surface area contributed by atoms with Crippen molar-refractivity contribution in [2.45, 2.75) is 19.4 Å². The second-order valence-corrected chi connectivity index (χ2v) is 3.63. The van der Waals surface area contributed by atoms with Crippen LogP contribution in [-0.2, 0) is 16.1 Å². The number of hydrazine groups is 1. The van der Waals surface area contributed by atoms with Gasteiger partial charge in [-0.3, -0.25) is 4.79 Å². The van der Waals surface area contributed by atoms with Crippen LogP contribution in [0.5, 0.6) is 0 Å². The van der Waals surface area contributed by atoms with Gasteiger partial charge in [0.05, 0.1) is 0 Å². The summed E-state index contributed by atoms with van der Waals surface area (Å²) in [6, 6.07) is 1.67. The number of anilines is 2. The topological polar surface area (TPSA) is 128 Å². The number of nitrogens with zero attached hydrogens (tertiary/aromatic N) is 2. The summed E-state index contributed by atoms with van der Waals surface area (Å²) in [5, 5.41) is 3.06. The lowest BCUT2D eigenvalue weighted by Gasteiger charge is -2.09. The number of primary amides is 1. The highest BCUT2D eigenvalue weighted by atomic mass is 16.5. The van der Waals surface area contributed by atoms with Gasteiger partial charge >= 0.3 is 0 Å². The van der Waals surface area contributed by atoms with Crippen LogP contribution >= 0.6 is 0 Å². The summed E-state index contributed by atoms with van der Waals surface area (Å²) in [5.41, 5.74) is 7.50. The van der Waals surface area contributed by atoms with Crippen molar-refractivity contribution in [3.05, 3.63) is 11.9 Å². The van der Waals surface area contributed by atoms with Gasteiger partial charge in [0, 0.05) is 26.1 Å². The third kappa shape index (κ3) is 4.93. The monoisotopic (exact) mass is 254 g/mol. The number of nitrogens with two attached hydrogens (primary N) is 2. The van der Waals surface area contributed by atoms with E-state index in [9.17, 15) is 4.79 Å². The smallest absolute Gasteiger partial charge is 0.217 e. The van der Waals surface area contributed by atoms with Crippen LogP contribution in [-0.4, -0.2) is 29.5 Å². The number of aromatic nitrogens is 2. The summed E-state index contributed by atoms with van der Waals surface area (Å²) in [4.78, 5) is 18.9. The zero-order chi connectivity index (χ0) is 13.4.